The largest absolute Gasteiger partial charge is 0.459 e. The van der Waals surface area contributed by atoms with Crippen LogP contribution in [0.5, 0.6) is 0 Å². The normalized spacial score (nSPS) is 17.5. The van der Waals surface area contributed by atoms with Crippen LogP contribution in [0, 0.1) is 3.57 Å². The van der Waals surface area contributed by atoms with E-state index in [1.165, 1.54) is 6.26 Å². The zero-order valence-corrected chi connectivity index (χ0v) is 13.9. The van der Waals surface area contributed by atoms with Gasteiger partial charge in [0.15, 0.2) is 5.76 Å². The summed E-state index contributed by atoms with van der Waals surface area (Å²) in [6, 6.07) is 10.4. The lowest BCUT2D eigenvalue weighted by molar-refractivity contribution is -0.119. The van der Waals surface area contributed by atoms with Crippen LogP contribution < -0.4 is 5.32 Å². The number of hydrogen-bond donors (Lipinski definition) is 1. The SMILES string of the molecule is O=C(Nc1ccc(I)cc1)C1CCCN1C(=O)c1ccco1. The fourth-order valence-electron chi connectivity index (χ4n) is 2.58. The third-order valence-electron chi connectivity index (χ3n) is 3.66. The minimum absolute atomic E-state index is 0.154. The molecule has 1 aliphatic rings. The number of amides is 2. The standard InChI is InChI=1S/C16H15IN2O3/c17-11-5-7-12(8-6-11)18-15(20)13-3-1-9-19(13)16(21)14-4-2-10-22-14/h2,4-8,10,13H,1,3,9H2,(H,18,20). The van der Waals surface area contributed by atoms with Crippen molar-refractivity contribution in [2.75, 3.05) is 11.9 Å². The Balaban J connectivity index is 1.71. The van der Waals surface area contributed by atoms with E-state index in [0.717, 1.165) is 15.7 Å². The summed E-state index contributed by atoms with van der Waals surface area (Å²) in [5.41, 5.74) is 0.739. The van der Waals surface area contributed by atoms with E-state index in [1.807, 2.05) is 24.3 Å². The molecule has 114 valence electrons. The molecule has 1 saturated heterocycles. The number of benzene rings is 1. The molecule has 0 bridgehead atoms. The minimum Gasteiger partial charge on any atom is -0.459 e. The van der Waals surface area contributed by atoms with Gasteiger partial charge >= 0.3 is 0 Å². The van der Waals surface area contributed by atoms with Crippen LogP contribution in [0.4, 0.5) is 5.69 Å². The van der Waals surface area contributed by atoms with Crippen molar-refractivity contribution in [1.82, 2.24) is 4.90 Å². The molecule has 0 saturated carbocycles. The Kier molecular flexibility index (Phi) is 4.47. The second-order valence-corrected chi connectivity index (χ2v) is 6.38. The average molecular weight is 410 g/mol. The summed E-state index contributed by atoms with van der Waals surface area (Å²) in [6.07, 6.45) is 2.95. The number of rotatable bonds is 3. The quantitative estimate of drug-likeness (QED) is 0.792. The molecule has 5 nitrogen and oxygen atoms in total. The van der Waals surface area contributed by atoms with E-state index >= 15 is 0 Å². The van der Waals surface area contributed by atoms with E-state index < -0.39 is 6.04 Å². The van der Waals surface area contributed by atoms with E-state index in [2.05, 4.69) is 27.9 Å². The first-order valence-electron chi connectivity index (χ1n) is 7.06. The predicted molar refractivity (Wildman–Crippen MR) is 90.6 cm³/mol. The fourth-order valence-corrected chi connectivity index (χ4v) is 2.94. The van der Waals surface area contributed by atoms with Crippen LogP contribution in [0.1, 0.15) is 23.4 Å². The zero-order chi connectivity index (χ0) is 15.5. The van der Waals surface area contributed by atoms with Crippen LogP contribution in [-0.4, -0.2) is 29.3 Å². The van der Waals surface area contributed by atoms with Crippen molar-refractivity contribution in [2.24, 2.45) is 0 Å². The van der Waals surface area contributed by atoms with Crippen molar-refractivity contribution in [1.29, 1.82) is 0 Å². The van der Waals surface area contributed by atoms with Crippen LogP contribution in [0.3, 0.4) is 0 Å². The van der Waals surface area contributed by atoms with Gasteiger partial charge in [-0.15, -0.1) is 0 Å². The number of carbonyl (C=O) groups excluding carboxylic acids is 2. The lowest BCUT2D eigenvalue weighted by atomic mass is 10.2. The Hall–Kier alpha value is -1.83. The highest BCUT2D eigenvalue weighted by molar-refractivity contribution is 14.1. The van der Waals surface area contributed by atoms with E-state index in [0.29, 0.717) is 13.0 Å². The summed E-state index contributed by atoms with van der Waals surface area (Å²) in [5.74, 6) is -0.113. The molecule has 0 aliphatic carbocycles. The van der Waals surface area contributed by atoms with Gasteiger partial charge in [-0.05, 0) is 71.8 Å². The number of nitrogens with zero attached hydrogens (tertiary/aromatic N) is 1. The van der Waals surface area contributed by atoms with Crippen molar-refractivity contribution >= 4 is 40.1 Å². The van der Waals surface area contributed by atoms with Crippen LogP contribution in [0.2, 0.25) is 0 Å². The molecular weight excluding hydrogens is 395 g/mol. The molecular formula is C16H15IN2O3. The molecule has 1 N–H and O–H groups in total. The van der Waals surface area contributed by atoms with E-state index in [-0.39, 0.29) is 17.6 Å². The first-order chi connectivity index (χ1) is 10.6. The molecule has 22 heavy (non-hydrogen) atoms. The minimum atomic E-state index is -0.447. The van der Waals surface area contributed by atoms with E-state index in [4.69, 9.17) is 4.42 Å². The molecule has 0 radical (unpaired) electrons. The highest BCUT2D eigenvalue weighted by atomic mass is 127. The summed E-state index contributed by atoms with van der Waals surface area (Å²) in [7, 11) is 0. The molecule has 1 fully saturated rings. The Bertz CT molecular complexity index is 667. The number of anilines is 1. The first kappa shape index (κ1) is 15.1. The second-order valence-electron chi connectivity index (χ2n) is 5.13. The molecule has 2 amide bonds. The highest BCUT2D eigenvalue weighted by Gasteiger charge is 2.35. The van der Waals surface area contributed by atoms with Crippen molar-refractivity contribution in [3.05, 3.63) is 52.0 Å². The maximum absolute atomic E-state index is 12.4. The van der Waals surface area contributed by atoms with Crippen LogP contribution >= 0.6 is 22.6 Å². The smallest absolute Gasteiger partial charge is 0.290 e. The molecule has 1 aromatic carbocycles. The first-order valence-corrected chi connectivity index (χ1v) is 8.14. The number of furan rings is 1. The topological polar surface area (TPSA) is 62.6 Å². The van der Waals surface area contributed by atoms with Gasteiger partial charge in [0.2, 0.25) is 5.91 Å². The fraction of sp³-hybridized carbons (Fsp3) is 0.250. The van der Waals surface area contributed by atoms with Crippen LogP contribution in [0.25, 0.3) is 0 Å². The average Bonchev–Trinajstić information content (AvgIpc) is 3.20. The number of likely N-dealkylation sites (tertiary alicyclic amines) is 1. The number of hydrogen-bond acceptors (Lipinski definition) is 3. The van der Waals surface area contributed by atoms with Gasteiger partial charge in [0.25, 0.3) is 5.91 Å². The number of nitrogens with one attached hydrogen (secondary N) is 1. The van der Waals surface area contributed by atoms with Crippen LogP contribution in [0.15, 0.2) is 47.1 Å². The molecule has 1 aliphatic heterocycles. The van der Waals surface area contributed by atoms with Crippen molar-refractivity contribution in [2.45, 2.75) is 18.9 Å². The molecule has 2 heterocycles. The predicted octanol–water partition coefficient (Wildman–Crippen LogP) is 3.13. The molecule has 1 unspecified atom stereocenters. The molecule has 2 aromatic rings. The van der Waals surface area contributed by atoms with Gasteiger partial charge in [0.05, 0.1) is 6.26 Å². The van der Waals surface area contributed by atoms with E-state index in [9.17, 15) is 9.59 Å². The van der Waals surface area contributed by atoms with Gasteiger partial charge in [-0.3, -0.25) is 9.59 Å². The summed E-state index contributed by atoms with van der Waals surface area (Å²) in [6.45, 7) is 0.574. The van der Waals surface area contributed by atoms with Crippen molar-refractivity contribution in [3.63, 3.8) is 0 Å². The molecule has 1 atom stereocenters. The zero-order valence-electron chi connectivity index (χ0n) is 11.8. The Morgan fingerprint density at radius 3 is 2.68 bits per heavy atom. The number of carbonyl (C=O) groups is 2. The van der Waals surface area contributed by atoms with Gasteiger partial charge in [0, 0.05) is 15.8 Å². The Labute approximate surface area is 141 Å². The monoisotopic (exact) mass is 410 g/mol. The molecule has 3 rings (SSSR count). The lowest BCUT2D eigenvalue weighted by Crippen LogP contribution is -2.43. The second kappa shape index (κ2) is 6.51. The third kappa shape index (κ3) is 3.16. The highest BCUT2D eigenvalue weighted by Crippen LogP contribution is 2.22. The van der Waals surface area contributed by atoms with Crippen molar-refractivity contribution < 1.29 is 14.0 Å². The molecule has 6 heteroatoms. The summed E-state index contributed by atoms with van der Waals surface area (Å²) in [4.78, 5) is 26.4. The van der Waals surface area contributed by atoms with Gasteiger partial charge in [-0.1, -0.05) is 0 Å². The van der Waals surface area contributed by atoms with Crippen molar-refractivity contribution in [3.8, 4) is 0 Å². The molecule has 1 aromatic heterocycles. The maximum atomic E-state index is 12.4. The van der Waals surface area contributed by atoms with Gasteiger partial charge < -0.3 is 14.6 Å². The van der Waals surface area contributed by atoms with E-state index in [1.54, 1.807) is 17.0 Å². The summed E-state index contributed by atoms with van der Waals surface area (Å²) < 4.78 is 6.25. The van der Waals surface area contributed by atoms with Gasteiger partial charge in [-0.25, -0.2) is 0 Å². The summed E-state index contributed by atoms with van der Waals surface area (Å²) >= 11 is 2.21. The Morgan fingerprint density at radius 2 is 2.00 bits per heavy atom. The molecule has 0 spiro atoms. The maximum Gasteiger partial charge on any atom is 0.290 e. The lowest BCUT2D eigenvalue weighted by Gasteiger charge is -2.23. The van der Waals surface area contributed by atoms with Gasteiger partial charge in [-0.2, -0.15) is 0 Å². The summed E-state index contributed by atoms with van der Waals surface area (Å²) in [5, 5.41) is 2.87. The number of halogens is 1. The van der Waals surface area contributed by atoms with Crippen LogP contribution in [-0.2, 0) is 4.79 Å². The third-order valence-corrected chi connectivity index (χ3v) is 4.38. The Morgan fingerprint density at radius 1 is 1.23 bits per heavy atom. The van der Waals surface area contributed by atoms with Gasteiger partial charge in [0.1, 0.15) is 6.04 Å².